The van der Waals surface area contributed by atoms with E-state index in [0.717, 1.165) is 16.7 Å². The van der Waals surface area contributed by atoms with Gasteiger partial charge >= 0.3 is 0 Å². The molecule has 2 aromatic rings. The third kappa shape index (κ3) is 5.67. The van der Waals surface area contributed by atoms with E-state index in [1.807, 2.05) is 32.0 Å². The third-order valence-corrected chi connectivity index (χ3v) is 4.73. The van der Waals surface area contributed by atoms with E-state index in [0.29, 0.717) is 12.2 Å². The van der Waals surface area contributed by atoms with Crippen molar-refractivity contribution >= 4 is 21.6 Å². The number of aryl methyl sites for hydroxylation is 2. The lowest BCUT2D eigenvalue weighted by atomic mass is 10.1. The molecule has 8 heteroatoms. The van der Waals surface area contributed by atoms with Gasteiger partial charge in [0, 0.05) is 18.4 Å². The Morgan fingerprint density at radius 1 is 1.19 bits per heavy atom. The summed E-state index contributed by atoms with van der Waals surface area (Å²) in [6.07, 6.45) is 1.33. The largest absolute Gasteiger partial charge is 0.386 e. The van der Waals surface area contributed by atoms with Gasteiger partial charge in [-0.1, -0.05) is 29.8 Å². The van der Waals surface area contributed by atoms with Crippen LogP contribution in [0.3, 0.4) is 0 Å². The predicted molar refractivity (Wildman–Crippen MR) is 103 cm³/mol. The first-order chi connectivity index (χ1) is 12.7. The summed E-state index contributed by atoms with van der Waals surface area (Å²) in [7, 11) is -3.73. The fraction of sp³-hybridized carbons (Fsp3) is 0.158. The molecule has 2 rings (SSSR count). The minimum absolute atomic E-state index is 0.0207. The van der Waals surface area contributed by atoms with E-state index in [1.165, 1.54) is 18.3 Å². The summed E-state index contributed by atoms with van der Waals surface area (Å²) in [6, 6.07) is 13.5. The van der Waals surface area contributed by atoms with Crippen LogP contribution in [0, 0.1) is 25.2 Å². The van der Waals surface area contributed by atoms with Crippen molar-refractivity contribution in [1.82, 2.24) is 5.32 Å². The summed E-state index contributed by atoms with van der Waals surface area (Å²) < 4.78 is 22.5. The number of anilines is 1. The van der Waals surface area contributed by atoms with Gasteiger partial charge in [0.1, 0.15) is 11.6 Å². The Balaban J connectivity index is 2.01. The van der Waals surface area contributed by atoms with Crippen molar-refractivity contribution < 1.29 is 13.2 Å². The van der Waals surface area contributed by atoms with Crippen LogP contribution in [0.1, 0.15) is 16.7 Å². The molecule has 140 valence electrons. The Labute approximate surface area is 158 Å². The van der Waals surface area contributed by atoms with Crippen LogP contribution in [0.5, 0.6) is 0 Å². The van der Waals surface area contributed by atoms with E-state index < -0.39 is 15.9 Å². The molecule has 0 atom stereocenters. The number of primary sulfonamides is 1. The maximum Gasteiger partial charge on any atom is 0.267 e. The van der Waals surface area contributed by atoms with Gasteiger partial charge in [-0.3, -0.25) is 4.79 Å². The Bertz CT molecular complexity index is 1020. The number of amides is 1. The van der Waals surface area contributed by atoms with E-state index in [2.05, 4.69) is 10.6 Å². The van der Waals surface area contributed by atoms with Crippen LogP contribution in [0.2, 0.25) is 0 Å². The zero-order valence-corrected chi connectivity index (χ0v) is 15.8. The Morgan fingerprint density at radius 2 is 1.85 bits per heavy atom. The molecule has 0 aliphatic carbocycles. The molecule has 1 amide bonds. The van der Waals surface area contributed by atoms with E-state index in [9.17, 15) is 18.5 Å². The maximum absolute atomic E-state index is 12.3. The lowest BCUT2D eigenvalue weighted by Gasteiger charge is -2.09. The monoisotopic (exact) mass is 384 g/mol. The number of nitrogens with two attached hydrogens (primary N) is 1. The van der Waals surface area contributed by atoms with E-state index in [-0.39, 0.29) is 10.5 Å². The molecule has 0 bridgehead atoms. The Morgan fingerprint density at radius 3 is 2.41 bits per heavy atom. The van der Waals surface area contributed by atoms with Crippen LogP contribution in [0.15, 0.2) is 59.1 Å². The molecule has 0 fully saturated rings. The van der Waals surface area contributed by atoms with E-state index in [1.54, 1.807) is 18.2 Å². The second-order valence-electron chi connectivity index (χ2n) is 6.01. The summed E-state index contributed by atoms with van der Waals surface area (Å²) in [4.78, 5) is 12.3. The van der Waals surface area contributed by atoms with Crippen molar-refractivity contribution in [2.75, 3.05) is 5.32 Å². The summed E-state index contributed by atoms with van der Waals surface area (Å²) >= 11 is 0. The van der Waals surface area contributed by atoms with Gasteiger partial charge in [-0.2, -0.15) is 5.26 Å². The average Bonchev–Trinajstić information content (AvgIpc) is 2.60. The van der Waals surface area contributed by atoms with Crippen LogP contribution in [0.25, 0.3) is 0 Å². The normalized spacial score (nSPS) is 11.6. The highest BCUT2D eigenvalue weighted by Gasteiger charge is 2.11. The molecule has 0 aromatic heterocycles. The van der Waals surface area contributed by atoms with Gasteiger partial charge in [0.05, 0.1) is 4.90 Å². The first kappa shape index (κ1) is 20.2. The lowest BCUT2D eigenvalue weighted by Crippen LogP contribution is -2.17. The Kier molecular flexibility index (Phi) is 6.34. The number of nitrogens with one attached hydrogen (secondary N) is 2. The first-order valence-corrected chi connectivity index (χ1v) is 9.59. The predicted octanol–water partition coefficient (Wildman–Crippen LogP) is 2.09. The van der Waals surface area contributed by atoms with Gasteiger partial charge in [-0.25, -0.2) is 13.6 Å². The van der Waals surface area contributed by atoms with Crippen molar-refractivity contribution in [3.05, 3.63) is 70.9 Å². The fourth-order valence-corrected chi connectivity index (χ4v) is 2.88. The van der Waals surface area contributed by atoms with E-state index >= 15 is 0 Å². The van der Waals surface area contributed by atoms with Crippen LogP contribution in [-0.4, -0.2) is 14.3 Å². The summed E-state index contributed by atoms with van der Waals surface area (Å²) in [5, 5.41) is 19.8. The number of benzene rings is 2. The van der Waals surface area contributed by atoms with Crippen LogP contribution in [-0.2, 0) is 21.4 Å². The zero-order valence-electron chi connectivity index (χ0n) is 15.0. The highest BCUT2D eigenvalue weighted by molar-refractivity contribution is 7.89. The number of nitriles is 1. The second kappa shape index (κ2) is 8.49. The smallest absolute Gasteiger partial charge is 0.267 e. The summed E-state index contributed by atoms with van der Waals surface area (Å²) in [5.74, 6) is -0.512. The standard InChI is InChI=1S/C19H20N4O3S/c1-13-3-8-18(14(2)9-13)23-19(24)16(10-20)12-22-11-15-4-6-17(7-5-15)27(21,25)26/h3-9,12,22H,11H2,1-2H3,(H,23,24)(H2,21,25,26)/b16-12-. The van der Waals surface area contributed by atoms with Crippen LogP contribution < -0.4 is 15.8 Å². The molecule has 0 unspecified atom stereocenters. The van der Waals surface area contributed by atoms with Gasteiger partial charge in [-0.05, 0) is 43.2 Å². The average molecular weight is 384 g/mol. The van der Waals surface area contributed by atoms with Crippen molar-refractivity contribution in [2.45, 2.75) is 25.3 Å². The minimum Gasteiger partial charge on any atom is -0.386 e. The number of hydrogen-bond donors (Lipinski definition) is 3. The number of hydrogen-bond acceptors (Lipinski definition) is 5. The molecule has 0 spiro atoms. The molecule has 7 nitrogen and oxygen atoms in total. The molecular weight excluding hydrogens is 364 g/mol. The molecule has 0 saturated heterocycles. The zero-order chi connectivity index (χ0) is 20.0. The second-order valence-corrected chi connectivity index (χ2v) is 7.57. The van der Waals surface area contributed by atoms with Gasteiger partial charge < -0.3 is 10.6 Å². The number of carbonyl (C=O) groups is 1. The van der Waals surface area contributed by atoms with Gasteiger partial charge in [0.2, 0.25) is 10.0 Å². The number of sulfonamides is 1. The van der Waals surface area contributed by atoms with E-state index in [4.69, 9.17) is 5.14 Å². The number of rotatable bonds is 6. The van der Waals surface area contributed by atoms with Gasteiger partial charge in [-0.15, -0.1) is 0 Å². The molecule has 0 aliphatic heterocycles. The highest BCUT2D eigenvalue weighted by atomic mass is 32.2. The molecule has 2 aromatic carbocycles. The lowest BCUT2D eigenvalue weighted by molar-refractivity contribution is -0.112. The van der Waals surface area contributed by atoms with Gasteiger partial charge in [0.15, 0.2) is 0 Å². The molecule has 0 saturated carbocycles. The summed E-state index contributed by atoms with van der Waals surface area (Å²) in [6.45, 7) is 4.15. The molecule has 0 radical (unpaired) electrons. The molecule has 27 heavy (non-hydrogen) atoms. The van der Waals surface area contributed by atoms with Crippen LogP contribution >= 0.6 is 0 Å². The number of nitrogens with zero attached hydrogens (tertiary/aromatic N) is 1. The molecule has 4 N–H and O–H groups in total. The molecule has 0 aliphatic rings. The first-order valence-electron chi connectivity index (χ1n) is 8.04. The minimum atomic E-state index is -3.73. The van der Waals surface area contributed by atoms with Crippen molar-refractivity contribution in [3.8, 4) is 6.07 Å². The SMILES string of the molecule is Cc1ccc(NC(=O)/C(C#N)=C\NCc2ccc(S(N)(=O)=O)cc2)c(C)c1. The quantitative estimate of drug-likeness (QED) is 0.519. The maximum atomic E-state index is 12.3. The molecular formula is C19H20N4O3S. The Hall–Kier alpha value is -3.15. The van der Waals surface area contributed by atoms with Gasteiger partial charge in [0.25, 0.3) is 5.91 Å². The fourth-order valence-electron chi connectivity index (χ4n) is 2.36. The van der Waals surface area contributed by atoms with Crippen molar-refractivity contribution in [3.63, 3.8) is 0 Å². The number of carbonyl (C=O) groups excluding carboxylic acids is 1. The third-order valence-electron chi connectivity index (χ3n) is 3.80. The van der Waals surface area contributed by atoms with Crippen molar-refractivity contribution in [1.29, 1.82) is 5.26 Å². The summed E-state index contributed by atoms with van der Waals surface area (Å²) in [5.41, 5.74) is 3.33. The topological polar surface area (TPSA) is 125 Å². The van der Waals surface area contributed by atoms with Crippen LogP contribution in [0.4, 0.5) is 5.69 Å². The molecule has 0 heterocycles. The van der Waals surface area contributed by atoms with Crippen molar-refractivity contribution in [2.24, 2.45) is 5.14 Å². The highest BCUT2D eigenvalue weighted by Crippen LogP contribution is 2.16.